The predicted octanol–water partition coefficient (Wildman–Crippen LogP) is 3.26. The van der Waals surface area contributed by atoms with E-state index >= 15 is 0 Å². The Bertz CT molecular complexity index is 886. The van der Waals surface area contributed by atoms with Crippen LogP contribution in [-0.4, -0.2) is 50.7 Å². The second-order valence-electron chi connectivity index (χ2n) is 8.99. The van der Waals surface area contributed by atoms with Gasteiger partial charge in [-0.3, -0.25) is 0 Å². The molecule has 1 saturated carbocycles. The summed E-state index contributed by atoms with van der Waals surface area (Å²) in [6.45, 7) is 2.97. The van der Waals surface area contributed by atoms with Crippen LogP contribution in [0, 0.1) is 0 Å². The molecular formula is C23H31N5O3. The van der Waals surface area contributed by atoms with Crippen LogP contribution in [0.25, 0.3) is 0 Å². The Morgan fingerprint density at radius 3 is 2.71 bits per heavy atom. The molecule has 5 rings (SSSR count). The molecule has 1 aromatic heterocycles. The summed E-state index contributed by atoms with van der Waals surface area (Å²) in [5.74, 6) is 0.816. The quantitative estimate of drug-likeness (QED) is 0.813. The van der Waals surface area contributed by atoms with Crippen LogP contribution >= 0.6 is 0 Å². The van der Waals surface area contributed by atoms with E-state index in [1.165, 1.54) is 19.3 Å². The number of urea groups is 1. The number of hydrogen-bond acceptors (Lipinski definition) is 5. The van der Waals surface area contributed by atoms with Gasteiger partial charge >= 0.3 is 6.03 Å². The summed E-state index contributed by atoms with van der Waals surface area (Å²) in [7, 11) is 0. The van der Waals surface area contributed by atoms with Crippen molar-refractivity contribution in [3.63, 3.8) is 0 Å². The average Bonchev–Trinajstić information content (AvgIpc) is 3.21. The number of para-hydroxylation sites is 1. The number of nitrogens with zero attached hydrogens (tertiary/aromatic N) is 4. The van der Waals surface area contributed by atoms with Crippen molar-refractivity contribution >= 4 is 6.03 Å². The van der Waals surface area contributed by atoms with E-state index in [2.05, 4.69) is 15.6 Å². The van der Waals surface area contributed by atoms with Crippen LogP contribution in [0.2, 0.25) is 0 Å². The Kier molecular flexibility index (Phi) is 5.80. The maximum atomic E-state index is 12.7. The summed E-state index contributed by atoms with van der Waals surface area (Å²) >= 11 is 0. The molecule has 1 saturated heterocycles. The molecule has 2 aromatic rings. The molecule has 8 nitrogen and oxygen atoms in total. The molecule has 2 fully saturated rings. The fourth-order valence-corrected chi connectivity index (χ4v) is 4.91. The minimum Gasteiger partial charge on any atom is -0.487 e. The zero-order valence-corrected chi connectivity index (χ0v) is 18.0. The smallest absolute Gasteiger partial charge is 0.317 e. The van der Waals surface area contributed by atoms with Gasteiger partial charge in [0.25, 0.3) is 0 Å². The topological polar surface area (TPSA) is 81.5 Å². The Balaban J connectivity index is 1.15. The number of benzene rings is 1. The number of hydrogen-bond donors (Lipinski definition) is 1. The first-order valence-electron chi connectivity index (χ1n) is 11.5. The van der Waals surface area contributed by atoms with Crippen LogP contribution in [0.1, 0.15) is 56.3 Å². The van der Waals surface area contributed by atoms with E-state index in [0.29, 0.717) is 38.9 Å². The highest BCUT2D eigenvalue weighted by molar-refractivity contribution is 5.74. The summed E-state index contributed by atoms with van der Waals surface area (Å²) in [5.41, 5.74) is 1.54. The Morgan fingerprint density at radius 1 is 1.16 bits per heavy atom. The highest BCUT2D eigenvalue weighted by Crippen LogP contribution is 2.33. The lowest BCUT2D eigenvalue weighted by Crippen LogP contribution is -2.55. The van der Waals surface area contributed by atoms with E-state index in [1.54, 1.807) is 0 Å². The average molecular weight is 426 g/mol. The van der Waals surface area contributed by atoms with Crippen molar-refractivity contribution in [1.29, 1.82) is 0 Å². The lowest BCUT2D eigenvalue weighted by Gasteiger charge is -2.43. The molecule has 3 aliphatic rings. The Morgan fingerprint density at radius 2 is 1.94 bits per heavy atom. The number of fused-ring (bicyclic) bond motifs is 1. The van der Waals surface area contributed by atoms with Crippen LogP contribution in [-0.2, 0) is 24.5 Å². The van der Waals surface area contributed by atoms with Crippen molar-refractivity contribution in [3.05, 3.63) is 41.7 Å². The number of ether oxygens (including phenoxy) is 2. The zero-order chi connectivity index (χ0) is 21.1. The van der Waals surface area contributed by atoms with Gasteiger partial charge in [-0.25, -0.2) is 9.48 Å². The van der Waals surface area contributed by atoms with Crippen molar-refractivity contribution in [3.8, 4) is 5.75 Å². The third-order valence-corrected chi connectivity index (χ3v) is 6.88. The molecule has 0 radical (unpaired) electrons. The minimum atomic E-state index is -0.264. The van der Waals surface area contributed by atoms with Gasteiger partial charge in [0.1, 0.15) is 18.1 Å². The highest BCUT2D eigenvalue weighted by Gasteiger charge is 2.41. The lowest BCUT2D eigenvalue weighted by atomic mass is 9.90. The largest absolute Gasteiger partial charge is 0.487 e. The van der Waals surface area contributed by atoms with Crippen molar-refractivity contribution in [2.24, 2.45) is 0 Å². The van der Waals surface area contributed by atoms with Gasteiger partial charge < -0.3 is 19.7 Å². The molecule has 3 heterocycles. The molecule has 8 heteroatoms. The molecule has 1 aliphatic carbocycles. The number of aromatic nitrogens is 3. The van der Waals surface area contributed by atoms with Crippen molar-refractivity contribution in [2.75, 3.05) is 13.1 Å². The minimum absolute atomic E-state index is 0.0827. The second kappa shape index (κ2) is 8.86. The highest BCUT2D eigenvalue weighted by atomic mass is 16.5. The summed E-state index contributed by atoms with van der Waals surface area (Å²) < 4.78 is 14.1. The second-order valence-corrected chi connectivity index (χ2v) is 8.99. The Labute approximate surface area is 182 Å². The number of amides is 2. The van der Waals surface area contributed by atoms with Gasteiger partial charge in [0.2, 0.25) is 0 Å². The number of nitrogens with one attached hydrogen (secondary N) is 1. The molecule has 0 unspecified atom stereocenters. The van der Waals surface area contributed by atoms with Crippen LogP contribution < -0.4 is 10.1 Å². The van der Waals surface area contributed by atoms with Crippen LogP contribution in [0.3, 0.4) is 0 Å². The van der Waals surface area contributed by atoms with E-state index < -0.39 is 0 Å². The molecular weight excluding hydrogens is 394 g/mol. The van der Waals surface area contributed by atoms with Crippen molar-refractivity contribution < 1.29 is 14.3 Å². The first kappa shape index (κ1) is 20.3. The Hall–Kier alpha value is -2.61. The first-order chi connectivity index (χ1) is 15.2. The number of carbonyl (C=O) groups excluding carboxylic acids is 1. The molecule has 1 N–H and O–H groups in total. The van der Waals surface area contributed by atoms with E-state index in [9.17, 15) is 4.79 Å². The van der Waals surface area contributed by atoms with Crippen LogP contribution in [0.15, 0.2) is 30.3 Å². The van der Waals surface area contributed by atoms with Crippen molar-refractivity contribution in [2.45, 2.75) is 76.3 Å². The SMILES string of the molecule is O=C(NC1CCCCC1)N1CCC2(CC1)Cn1nnc(COc3ccccc3)c1CO2. The summed E-state index contributed by atoms with van der Waals surface area (Å²) in [4.78, 5) is 14.6. The van der Waals surface area contributed by atoms with E-state index in [4.69, 9.17) is 9.47 Å². The number of likely N-dealkylation sites (tertiary alicyclic amines) is 1. The van der Waals surface area contributed by atoms with Gasteiger partial charge in [0.15, 0.2) is 0 Å². The first-order valence-corrected chi connectivity index (χ1v) is 11.5. The van der Waals surface area contributed by atoms with E-state index in [0.717, 1.165) is 42.8 Å². The normalized spacial score (nSPS) is 21.0. The van der Waals surface area contributed by atoms with Gasteiger partial charge in [0, 0.05) is 19.1 Å². The fraction of sp³-hybridized carbons (Fsp3) is 0.609. The summed E-state index contributed by atoms with van der Waals surface area (Å²) in [6.07, 6.45) is 7.60. The molecule has 31 heavy (non-hydrogen) atoms. The fourth-order valence-electron chi connectivity index (χ4n) is 4.91. The number of piperidine rings is 1. The van der Waals surface area contributed by atoms with Gasteiger partial charge in [-0.05, 0) is 37.8 Å². The zero-order valence-electron chi connectivity index (χ0n) is 18.0. The van der Waals surface area contributed by atoms with Gasteiger partial charge in [-0.1, -0.05) is 42.7 Å². The van der Waals surface area contributed by atoms with E-state index in [-0.39, 0.29) is 11.6 Å². The number of rotatable bonds is 4. The van der Waals surface area contributed by atoms with Gasteiger partial charge in [-0.15, -0.1) is 5.10 Å². The molecule has 166 valence electrons. The van der Waals surface area contributed by atoms with Crippen LogP contribution in [0.4, 0.5) is 4.79 Å². The molecule has 1 aromatic carbocycles. The molecule has 2 aliphatic heterocycles. The molecule has 1 spiro atoms. The number of carbonyl (C=O) groups is 1. The molecule has 0 atom stereocenters. The summed E-state index contributed by atoms with van der Waals surface area (Å²) in [6, 6.07) is 10.1. The predicted molar refractivity (Wildman–Crippen MR) is 115 cm³/mol. The lowest BCUT2D eigenvalue weighted by molar-refractivity contribution is -0.119. The molecule has 0 bridgehead atoms. The molecule has 2 amide bonds. The summed E-state index contributed by atoms with van der Waals surface area (Å²) in [5, 5.41) is 11.9. The van der Waals surface area contributed by atoms with Gasteiger partial charge in [-0.2, -0.15) is 0 Å². The third kappa shape index (κ3) is 4.54. The van der Waals surface area contributed by atoms with E-state index in [1.807, 2.05) is 39.9 Å². The maximum absolute atomic E-state index is 12.7. The third-order valence-electron chi connectivity index (χ3n) is 6.88. The van der Waals surface area contributed by atoms with Crippen molar-refractivity contribution in [1.82, 2.24) is 25.2 Å². The van der Waals surface area contributed by atoms with Gasteiger partial charge in [0.05, 0.1) is 24.4 Å². The maximum Gasteiger partial charge on any atom is 0.317 e. The standard InChI is InChI=1S/C23H31N5O3/c29-22(24-18-7-3-1-4-8-18)27-13-11-23(12-14-27)17-28-21(16-31-23)20(25-26-28)15-30-19-9-5-2-6-10-19/h2,5-6,9-10,18H,1,3-4,7-8,11-17H2,(H,24,29). The monoisotopic (exact) mass is 425 g/mol. The van der Waals surface area contributed by atoms with Crippen LogP contribution in [0.5, 0.6) is 5.75 Å².